The Labute approximate surface area is 198 Å². The van der Waals surface area contributed by atoms with Crippen molar-refractivity contribution in [3.8, 4) is 0 Å². The van der Waals surface area contributed by atoms with Gasteiger partial charge in [0.05, 0.1) is 17.5 Å². The van der Waals surface area contributed by atoms with Crippen LogP contribution in [0.5, 0.6) is 0 Å². The number of amides is 1. The summed E-state index contributed by atoms with van der Waals surface area (Å²) in [5.74, 6) is 0.259. The molecule has 12 nitrogen and oxygen atoms in total. The van der Waals surface area contributed by atoms with Crippen molar-refractivity contribution in [3.05, 3.63) is 18.6 Å². The molecule has 34 heavy (non-hydrogen) atoms. The molecule has 0 aromatic carbocycles. The first-order valence-corrected chi connectivity index (χ1v) is 13.0. The average molecular weight is 494 g/mol. The maximum absolute atomic E-state index is 13.6. The number of nitrogens with zero attached hydrogens (tertiary/aromatic N) is 6. The molecule has 0 bridgehead atoms. The number of carbonyl (C=O) groups excluding carboxylic acids is 1. The number of anilines is 1. The third kappa shape index (κ3) is 3.94. The van der Waals surface area contributed by atoms with Crippen LogP contribution in [-0.4, -0.2) is 117 Å². The Morgan fingerprint density at radius 3 is 2.85 bits per heavy atom. The molecule has 2 aliphatic heterocycles. The lowest BCUT2D eigenvalue weighted by atomic mass is 10.2. The van der Waals surface area contributed by atoms with Crippen molar-refractivity contribution in [1.29, 1.82) is 0 Å². The SMILES string of the molecule is CN(C[C@H]1CCCN1C(=O)C(O)CO)S(=O)(=O)N1CCN(c2ncnc3[nH]ccc23)CC12CC2. The minimum Gasteiger partial charge on any atom is -0.393 e. The normalized spacial score (nSPS) is 23.8. The van der Waals surface area contributed by atoms with E-state index in [4.69, 9.17) is 5.11 Å². The quantitative estimate of drug-likeness (QED) is 0.451. The van der Waals surface area contributed by atoms with Crippen LogP contribution in [0.1, 0.15) is 25.7 Å². The number of carbonyl (C=O) groups is 1. The van der Waals surface area contributed by atoms with Crippen molar-refractivity contribution in [2.45, 2.75) is 43.4 Å². The van der Waals surface area contributed by atoms with Crippen molar-refractivity contribution in [2.24, 2.45) is 0 Å². The molecule has 2 atom stereocenters. The molecule has 0 radical (unpaired) electrons. The number of piperazine rings is 1. The first-order valence-electron chi connectivity index (χ1n) is 11.6. The van der Waals surface area contributed by atoms with E-state index in [1.165, 1.54) is 15.5 Å². The fourth-order valence-corrected chi connectivity index (χ4v) is 7.05. The fourth-order valence-electron chi connectivity index (χ4n) is 5.31. The van der Waals surface area contributed by atoms with Crippen LogP contribution in [0.2, 0.25) is 0 Å². The maximum atomic E-state index is 13.6. The molecule has 3 aliphatic rings. The second-order valence-electron chi connectivity index (χ2n) is 9.47. The van der Waals surface area contributed by atoms with Gasteiger partial charge in [0, 0.05) is 52.0 Å². The van der Waals surface area contributed by atoms with Crippen molar-refractivity contribution < 1.29 is 23.4 Å². The minimum atomic E-state index is -3.76. The molecule has 3 fully saturated rings. The standard InChI is InChI=1S/C21H31N7O5S/c1-25(11-15-3-2-8-27(15)20(31)17(30)12-29)34(32,33)28-10-9-26(13-21(28)5-6-21)19-16-4-7-22-18(16)23-14-24-19/h4,7,14-15,17,29-30H,2-3,5-6,8-13H2,1H3,(H,22,23,24)/t15-,17?/m1/s1. The predicted octanol–water partition coefficient (Wildman–Crippen LogP) is -0.867. The molecule has 1 aliphatic carbocycles. The van der Waals surface area contributed by atoms with Gasteiger partial charge in [0.2, 0.25) is 0 Å². The number of hydrogen-bond donors (Lipinski definition) is 3. The van der Waals surface area contributed by atoms with E-state index in [0.29, 0.717) is 32.6 Å². The highest BCUT2D eigenvalue weighted by Gasteiger charge is 2.57. The topological polar surface area (TPSA) is 146 Å². The Balaban J connectivity index is 1.30. The number of hydrogen-bond acceptors (Lipinski definition) is 8. The summed E-state index contributed by atoms with van der Waals surface area (Å²) in [4.78, 5) is 27.8. The highest BCUT2D eigenvalue weighted by Crippen LogP contribution is 2.47. The zero-order valence-corrected chi connectivity index (χ0v) is 20.0. The Morgan fingerprint density at radius 2 is 2.12 bits per heavy atom. The van der Waals surface area contributed by atoms with Gasteiger partial charge in [-0.3, -0.25) is 4.79 Å². The van der Waals surface area contributed by atoms with Crippen LogP contribution in [0.4, 0.5) is 5.82 Å². The summed E-state index contributed by atoms with van der Waals surface area (Å²) in [6.07, 6.45) is 4.83. The fraction of sp³-hybridized carbons (Fsp3) is 0.667. The number of likely N-dealkylation sites (N-methyl/N-ethyl adjacent to an activating group) is 1. The number of H-pyrrole nitrogens is 1. The number of fused-ring (bicyclic) bond motifs is 1. The van der Waals surface area contributed by atoms with Crippen LogP contribution in [0.3, 0.4) is 0 Å². The maximum Gasteiger partial charge on any atom is 0.282 e. The van der Waals surface area contributed by atoms with Gasteiger partial charge in [0.1, 0.15) is 17.8 Å². The summed E-state index contributed by atoms with van der Waals surface area (Å²) >= 11 is 0. The van der Waals surface area contributed by atoms with Crippen LogP contribution >= 0.6 is 0 Å². The van der Waals surface area contributed by atoms with Gasteiger partial charge in [-0.15, -0.1) is 0 Å². The third-order valence-corrected chi connectivity index (χ3v) is 9.37. The van der Waals surface area contributed by atoms with Crippen LogP contribution in [0.15, 0.2) is 18.6 Å². The molecule has 2 aromatic heterocycles. The third-order valence-electron chi connectivity index (χ3n) is 7.31. The lowest BCUT2D eigenvalue weighted by molar-refractivity contribution is -0.143. The van der Waals surface area contributed by atoms with E-state index < -0.39 is 34.4 Å². The van der Waals surface area contributed by atoms with E-state index in [2.05, 4.69) is 19.9 Å². The molecule has 186 valence electrons. The van der Waals surface area contributed by atoms with Crippen LogP contribution in [0.25, 0.3) is 11.0 Å². The van der Waals surface area contributed by atoms with Gasteiger partial charge in [-0.2, -0.15) is 17.0 Å². The van der Waals surface area contributed by atoms with E-state index in [9.17, 15) is 18.3 Å². The Hall–Kier alpha value is -2.32. The Kier molecular flexibility index (Phi) is 6.01. The molecule has 3 N–H and O–H groups in total. The molecule has 2 saturated heterocycles. The zero-order chi connectivity index (χ0) is 24.1. The van der Waals surface area contributed by atoms with Gasteiger partial charge in [0.25, 0.3) is 16.1 Å². The molecule has 1 spiro atoms. The second-order valence-corrected chi connectivity index (χ2v) is 11.4. The molecule has 2 aromatic rings. The highest BCUT2D eigenvalue weighted by atomic mass is 32.2. The lowest BCUT2D eigenvalue weighted by Crippen LogP contribution is -2.60. The molecule has 5 rings (SSSR count). The first kappa shape index (κ1) is 23.4. The summed E-state index contributed by atoms with van der Waals surface area (Å²) in [7, 11) is -2.21. The van der Waals surface area contributed by atoms with Crippen LogP contribution in [-0.2, 0) is 15.0 Å². The van der Waals surface area contributed by atoms with E-state index in [1.807, 2.05) is 12.3 Å². The number of aromatic nitrogens is 3. The Bertz CT molecular complexity index is 1170. The van der Waals surface area contributed by atoms with E-state index >= 15 is 0 Å². The van der Waals surface area contributed by atoms with Crippen LogP contribution < -0.4 is 4.90 Å². The van der Waals surface area contributed by atoms with Gasteiger partial charge in [-0.25, -0.2) is 9.97 Å². The van der Waals surface area contributed by atoms with Crippen LogP contribution in [0, 0.1) is 0 Å². The number of aromatic amines is 1. The molecule has 13 heteroatoms. The minimum absolute atomic E-state index is 0.151. The second kappa shape index (κ2) is 8.72. The largest absolute Gasteiger partial charge is 0.393 e. The van der Waals surface area contributed by atoms with Gasteiger partial charge < -0.3 is 25.0 Å². The number of aliphatic hydroxyl groups excluding tert-OH is 2. The van der Waals surface area contributed by atoms with Gasteiger partial charge >= 0.3 is 0 Å². The van der Waals surface area contributed by atoms with E-state index in [-0.39, 0.29) is 12.6 Å². The highest BCUT2D eigenvalue weighted by molar-refractivity contribution is 7.86. The van der Waals surface area contributed by atoms with Crippen molar-refractivity contribution in [2.75, 3.05) is 51.3 Å². The number of rotatable bonds is 7. The van der Waals surface area contributed by atoms with Crippen molar-refractivity contribution >= 4 is 33.0 Å². The summed E-state index contributed by atoms with van der Waals surface area (Å²) < 4.78 is 30.2. The number of likely N-dealkylation sites (tertiary alicyclic amines) is 1. The molecule has 1 saturated carbocycles. The summed E-state index contributed by atoms with van der Waals surface area (Å²) in [5.41, 5.74) is 0.295. The first-order chi connectivity index (χ1) is 16.3. The molecule has 1 amide bonds. The van der Waals surface area contributed by atoms with E-state index in [0.717, 1.165) is 36.1 Å². The Morgan fingerprint density at radius 1 is 1.32 bits per heavy atom. The van der Waals surface area contributed by atoms with Gasteiger partial charge in [-0.05, 0) is 31.7 Å². The van der Waals surface area contributed by atoms with Crippen molar-refractivity contribution in [3.63, 3.8) is 0 Å². The molecular weight excluding hydrogens is 462 g/mol. The van der Waals surface area contributed by atoms with Crippen molar-refractivity contribution in [1.82, 2.24) is 28.5 Å². The monoisotopic (exact) mass is 493 g/mol. The number of aliphatic hydroxyl groups is 2. The predicted molar refractivity (Wildman–Crippen MR) is 124 cm³/mol. The summed E-state index contributed by atoms with van der Waals surface area (Å²) in [6, 6.07) is 1.61. The van der Waals surface area contributed by atoms with Gasteiger partial charge in [0.15, 0.2) is 6.10 Å². The lowest BCUT2D eigenvalue weighted by Gasteiger charge is -2.43. The molecule has 1 unspecified atom stereocenters. The van der Waals surface area contributed by atoms with Gasteiger partial charge in [-0.1, -0.05) is 0 Å². The van der Waals surface area contributed by atoms with E-state index in [1.54, 1.807) is 11.4 Å². The molecular formula is C21H31N7O5S. The average Bonchev–Trinajstić information content (AvgIpc) is 3.23. The summed E-state index contributed by atoms with van der Waals surface area (Å²) in [6.45, 7) is 1.38. The zero-order valence-electron chi connectivity index (χ0n) is 19.2. The number of nitrogens with one attached hydrogen (secondary N) is 1. The molecule has 4 heterocycles. The smallest absolute Gasteiger partial charge is 0.282 e. The summed E-state index contributed by atoms with van der Waals surface area (Å²) in [5, 5.41) is 19.8.